The predicted octanol–water partition coefficient (Wildman–Crippen LogP) is 2.56. The Balaban J connectivity index is 2.44. The summed E-state index contributed by atoms with van der Waals surface area (Å²) in [5.41, 5.74) is 3.16. The fraction of sp³-hybridized carbons (Fsp3) is 0.357. The summed E-state index contributed by atoms with van der Waals surface area (Å²) in [7, 11) is 0. The molecular weight excluding hydrogens is 242 g/mol. The van der Waals surface area contributed by atoms with E-state index >= 15 is 0 Å². The summed E-state index contributed by atoms with van der Waals surface area (Å²) < 4.78 is 7.20. The van der Waals surface area contributed by atoms with Gasteiger partial charge in [0.1, 0.15) is 5.52 Å². The smallest absolute Gasteiger partial charge is 0.297 e. The van der Waals surface area contributed by atoms with Crippen molar-refractivity contribution in [2.24, 2.45) is 0 Å². The van der Waals surface area contributed by atoms with Gasteiger partial charge >= 0.3 is 0 Å². The molecule has 0 saturated carbocycles. The minimum Gasteiger partial charge on any atom is -0.430 e. The lowest BCUT2D eigenvalue weighted by atomic mass is 10.1. The first-order chi connectivity index (χ1) is 9.11. The molecule has 0 aromatic carbocycles. The van der Waals surface area contributed by atoms with E-state index in [9.17, 15) is 4.79 Å². The maximum atomic E-state index is 12.3. The summed E-state index contributed by atoms with van der Waals surface area (Å²) in [5, 5.41) is 0.835. The normalized spacial score (nSPS) is 11.5. The van der Waals surface area contributed by atoms with Crippen molar-refractivity contribution in [1.29, 1.82) is 0 Å². The molecule has 5 heteroatoms. The van der Waals surface area contributed by atoms with E-state index in [1.165, 1.54) is 0 Å². The third-order valence-electron chi connectivity index (χ3n) is 3.21. The Labute approximate surface area is 109 Å². The highest BCUT2D eigenvalue weighted by Crippen LogP contribution is 2.26. The van der Waals surface area contributed by atoms with Crippen molar-refractivity contribution in [3.8, 4) is 0 Å². The molecule has 3 aromatic heterocycles. The van der Waals surface area contributed by atoms with Gasteiger partial charge in [-0.2, -0.15) is 0 Å². The number of hydrogen-bond donors (Lipinski definition) is 0. The predicted molar refractivity (Wildman–Crippen MR) is 73.3 cm³/mol. The topological polar surface area (TPSA) is 60.9 Å². The summed E-state index contributed by atoms with van der Waals surface area (Å²) >= 11 is 0. The number of aromatic nitrogens is 3. The molecule has 98 valence electrons. The molecule has 3 aromatic rings. The van der Waals surface area contributed by atoms with E-state index in [0.29, 0.717) is 23.4 Å². The van der Waals surface area contributed by atoms with Gasteiger partial charge in [0.2, 0.25) is 11.3 Å². The van der Waals surface area contributed by atoms with Crippen LogP contribution in [0.4, 0.5) is 0 Å². The van der Waals surface area contributed by atoms with Crippen molar-refractivity contribution in [3.63, 3.8) is 0 Å². The van der Waals surface area contributed by atoms with Gasteiger partial charge in [0, 0.05) is 12.2 Å². The van der Waals surface area contributed by atoms with E-state index in [1.54, 1.807) is 10.9 Å². The first-order valence-corrected chi connectivity index (χ1v) is 6.37. The highest BCUT2D eigenvalue weighted by Gasteiger charge is 2.16. The lowest BCUT2D eigenvalue weighted by molar-refractivity contribution is 0.607. The highest BCUT2D eigenvalue weighted by molar-refractivity contribution is 6.02. The minimum atomic E-state index is -0.137. The van der Waals surface area contributed by atoms with Crippen LogP contribution < -0.4 is 5.56 Å². The lowest BCUT2D eigenvalue weighted by Crippen LogP contribution is -2.19. The van der Waals surface area contributed by atoms with Crippen LogP contribution in [0.25, 0.3) is 22.2 Å². The zero-order valence-corrected chi connectivity index (χ0v) is 11.2. The first kappa shape index (κ1) is 11.9. The zero-order valence-electron chi connectivity index (χ0n) is 11.2. The van der Waals surface area contributed by atoms with Crippen molar-refractivity contribution in [2.45, 2.75) is 33.7 Å². The van der Waals surface area contributed by atoms with Crippen LogP contribution in [0.3, 0.4) is 0 Å². The second-order valence-corrected chi connectivity index (χ2v) is 4.78. The maximum Gasteiger partial charge on any atom is 0.297 e. The number of nitrogens with zero attached hydrogens (tertiary/aromatic N) is 3. The van der Waals surface area contributed by atoms with Gasteiger partial charge in [-0.15, -0.1) is 0 Å². The fourth-order valence-corrected chi connectivity index (χ4v) is 2.40. The van der Waals surface area contributed by atoms with Gasteiger partial charge < -0.3 is 4.42 Å². The van der Waals surface area contributed by atoms with Crippen molar-refractivity contribution in [1.82, 2.24) is 14.5 Å². The number of fused-ring (bicyclic) bond motifs is 3. The zero-order chi connectivity index (χ0) is 13.6. The SMILES string of the molecule is CCCn1cnc2c(oc3nc(C)cc(C)c32)c1=O. The molecule has 0 saturated heterocycles. The lowest BCUT2D eigenvalue weighted by Gasteiger charge is -2.01. The van der Waals surface area contributed by atoms with E-state index < -0.39 is 0 Å². The molecule has 0 fully saturated rings. The van der Waals surface area contributed by atoms with Gasteiger partial charge in [0.05, 0.1) is 11.7 Å². The largest absolute Gasteiger partial charge is 0.430 e. The van der Waals surface area contributed by atoms with Crippen molar-refractivity contribution >= 4 is 22.2 Å². The van der Waals surface area contributed by atoms with Gasteiger partial charge in [-0.1, -0.05) is 6.92 Å². The summed E-state index contributed by atoms with van der Waals surface area (Å²) in [6, 6.07) is 1.97. The van der Waals surface area contributed by atoms with E-state index in [0.717, 1.165) is 23.1 Å². The second-order valence-electron chi connectivity index (χ2n) is 4.78. The van der Waals surface area contributed by atoms with Crippen LogP contribution in [0.15, 0.2) is 21.6 Å². The Kier molecular flexibility index (Phi) is 2.62. The van der Waals surface area contributed by atoms with Gasteiger partial charge in [-0.3, -0.25) is 9.36 Å². The molecule has 0 radical (unpaired) electrons. The average molecular weight is 257 g/mol. The number of aryl methyl sites for hydroxylation is 3. The summed E-state index contributed by atoms with van der Waals surface area (Å²) in [6.45, 7) is 6.54. The quantitative estimate of drug-likeness (QED) is 0.708. The molecule has 0 unspecified atom stereocenters. The van der Waals surface area contributed by atoms with Crippen LogP contribution >= 0.6 is 0 Å². The summed E-state index contributed by atoms with van der Waals surface area (Å²) in [6.07, 6.45) is 2.46. The van der Waals surface area contributed by atoms with E-state index in [-0.39, 0.29) is 5.56 Å². The molecule has 0 aliphatic carbocycles. The molecule has 3 rings (SSSR count). The molecule has 0 aliphatic rings. The van der Waals surface area contributed by atoms with Gasteiger partial charge in [-0.25, -0.2) is 9.97 Å². The summed E-state index contributed by atoms with van der Waals surface area (Å²) in [4.78, 5) is 21.0. The molecule has 19 heavy (non-hydrogen) atoms. The second kappa shape index (κ2) is 4.19. The monoisotopic (exact) mass is 257 g/mol. The van der Waals surface area contributed by atoms with Crippen molar-refractivity contribution < 1.29 is 4.42 Å². The van der Waals surface area contributed by atoms with Crippen molar-refractivity contribution in [2.75, 3.05) is 0 Å². The highest BCUT2D eigenvalue weighted by atomic mass is 16.3. The molecule has 0 N–H and O–H groups in total. The van der Waals surface area contributed by atoms with E-state index in [2.05, 4.69) is 9.97 Å². The number of pyridine rings is 1. The molecule has 0 amide bonds. The number of hydrogen-bond acceptors (Lipinski definition) is 4. The summed E-state index contributed by atoms with van der Waals surface area (Å²) in [5.74, 6) is 0. The van der Waals surface area contributed by atoms with Gasteiger partial charge in [-0.05, 0) is 31.9 Å². The minimum absolute atomic E-state index is 0.137. The van der Waals surface area contributed by atoms with Gasteiger partial charge in [0.15, 0.2) is 0 Å². The van der Waals surface area contributed by atoms with Gasteiger partial charge in [0.25, 0.3) is 5.56 Å². The third-order valence-corrected chi connectivity index (χ3v) is 3.21. The Bertz CT molecular complexity index is 830. The Morgan fingerprint density at radius 2 is 2.16 bits per heavy atom. The molecule has 0 aliphatic heterocycles. The van der Waals surface area contributed by atoms with Crippen LogP contribution in [0, 0.1) is 13.8 Å². The average Bonchev–Trinajstić information content (AvgIpc) is 2.72. The number of furan rings is 1. The molecule has 0 spiro atoms. The Morgan fingerprint density at radius 3 is 2.89 bits per heavy atom. The van der Waals surface area contributed by atoms with E-state index in [4.69, 9.17) is 4.42 Å². The van der Waals surface area contributed by atoms with Crippen LogP contribution in [0.1, 0.15) is 24.6 Å². The maximum absolute atomic E-state index is 12.3. The van der Waals surface area contributed by atoms with Crippen LogP contribution in [0.2, 0.25) is 0 Å². The molecule has 0 bridgehead atoms. The third kappa shape index (κ3) is 1.73. The van der Waals surface area contributed by atoms with Crippen LogP contribution in [-0.4, -0.2) is 14.5 Å². The van der Waals surface area contributed by atoms with Crippen LogP contribution in [0.5, 0.6) is 0 Å². The van der Waals surface area contributed by atoms with Crippen LogP contribution in [-0.2, 0) is 6.54 Å². The Hall–Kier alpha value is -2.17. The van der Waals surface area contributed by atoms with Crippen molar-refractivity contribution in [3.05, 3.63) is 34.0 Å². The molecule has 5 nitrogen and oxygen atoms in total. The molecular formula is C14H15N3O2. The Morgan fingerprint density at radius 1 is 1.37 bits per heavy atom. The fourth-order valence-electron chi connectivity index (χ4n) is 2.40. The first-order valence-electron chi connectivity index (χ1n) is 6.37. The number of rotatable bonds is 2. The molecule has 3 heterocycles. The standard InChI is InChI=1S/C14H15N3O2/c1-4-5-17-7-15-11-10-8(2)6-9(3)16-13(10)19-12(11)14(17)18/h6-7H,4-5H2,1-3H3. The van der Waals surface area contributed by atoms with E-state index in [1.807, 2.05) is 26.8 Å². The molecule has 0 atom stereocenters.